The molecule has 0 atom stereocenters. The number of hydrogen-bond acceptors (Lipinski definition) is 3. The molecule has 3 nitrogen and oxygen atoms in total. The summed E-state index contributed by atoms with van der Waals surface area (Å²) >= 11 is 0. The van der Waals surface area contributed by atoms with E-state index in [1.807, 2.05) is 0 Å². The zero-order valence-corrected chi connectivity index (χ0v) is 7.79. The van der Waals surface area contributed by atoms with Crippen molar-refractivity contribution in [2.75, 3.05) is 5.73 Å². The van der Waals surface area contributed by atoms with Crippen molar-refractivity contribution in [3.8, 4) is 0 Å². The van der Waals surface area contributed by atoms with Gasteiger partial charge in [-0.25, -0.2) is 0 Å². The number of unbranched alkanes of at least 4 members (excludes halogenated alkanes) is 1. The third kappa shape index (κ3) is 2.54. The molecule has 0 saturated heterocycles. The van der Waals surface area contributed by atoms with E-state index in [1.165, 1.54) is 0 Å². The van der Waals surface area contributed by atoms with E-state index >= 15 is 0 Å². The van der Waals surface area contributed by atoms with Crippen LogP contribution in [0, 0.1) is 0 Å². The number of Topliss-reactive ketones (excluding diaryl/α,β-unsaturated/α-hetero) is 1. The average molecular weight is 178 g/mol. The highest BCUT2D eigenvalue weighted by molar-refractivity contribution is 5.98. The van der Waals surface area contributed by atoms with Gasteiger partial charge in [0.2, 0.25) is 0 Å². The fourth-order valence-corrected chi connectivity index (χ4v) is 1.11. The van der Waals surface area contributed by atoms with Crippen LogP contribution >= 0.6 is 0 Å². The number of pyridine rings is 1. The first-order chi connectivity index (χ1) is 6.25. The first-order valence-electron chi connectivity index (χ1n) is 4.49. The van der Waals surface area contributed by atoms with Gasteiger partial charge in [-0.15, -0.1) is 0 Å². The molecule has 0 aliphatic heterocycles. The van der Waals surface area contributed by atoms with Crippen LogP contribution in [0.25, 0.3) is 0 Å². The Labute approximate surface area is 78.0 Å². The molecule has 0 aliphatic carbocycles. The van der Waals surface area contributed by atoms with Gasteiger partial charge in [-0.1, -0.05) is 13.3 Å². The zero-order chi connectivity index (χ0) is 9.68. The molecule has 0 fully saturated rings. The summed E-state index contributed by atoms with van der Waals surface area (Å²) in [4.78, 5) is 15.4. The third-order valence-corrected chi connectivity index (χ3v) is 1.86. The fourth-order valence-electron chi connectivity index (χ4n) is 1.11. The number of aromatic nitrogens is 1. The molecule has 70 valence electrons. The van der Waals surface area contributed by atoms with Gasteiger partial charge in [-0.2, -0.15) is 0 Å². The Morgan fingerprint density at radius 1 is 1.62 bits per heavy atom. The lowest BCUT2D eigenvalue weighted by atomic mass is 10.1. The molecule has 0 unspecified atom stereocenters. The first-order valence-corrected chi connectivity index (χ1v) is 4.49. The molecule has 0 saturated carbocycles. The van der Waals surface area contributed by atoms with Crippen LogP contribution in [0.4, 0.5) is 5.69 Å². The maximum Gasteiger partial charge on any atom is 0.183 e. The summed E-state index contributed by atoms with van der Waals surface area (Å²) in [5.74, 6) is 0.0416. The largest absolute Gasteiger partial charge is 0.397 e. The minimum atomic E-state index is 0.0416. The zero-order valence-electron chi connectivity index (χ0n) is 7.79. The van der Waals surface area contributed by atoms with E-state index in [1.54, 1.807) is 18.3 Å². The molecular formula is C10H14N2O. The van der Waals surface area contributed by atoms with E-state index in [0.29, 0.717) is 17.8 Å². The Bertz CT molecular complexity index is 297. The van der Waals surface area contributed by atoms with Crippen molar-refractivity contribution in [2.24, 2.45) is 0 Å². The Morgan fingerprint density at radius 2 is 2.38 bits per heavy atom. The maximum absolute atomic E-state index is 11.5. The summed E-state index contributed by atoms with van der Waals surface area (Å²) < 4.78 is 0. The Kier molecular flexibility index (Phi) is 3.43. The predicted molar refractivity (Wildman–Crippen MR) is 52.5 cm³/mol. The lowest BCUT2D eigenvalue weighted by molar-refractivity contribution is 0.0976. The van der Waals surface area contributed by atoms with E-state index in [2.05, 4.69) is 11.9 Å². The van der Waals surface area contributed by atoms with Crippen molar-refractivity contribution in [3.05, 3.63) is 24.0 Å². The number of nitrogen functional groups attached to an aromatic ring is 1. The van der Waals surface area contributed by atoms with Gasteiger partial charge in [0.05, 0.1) is 5.69 Å². The highest BCUT2D eigenvalue weighted by atomic mass is 16.1. The smallest absolute Gasteiger partial charge is 0.183 e. The monoisotopic (exact) mass is 178 g/mol. The van der Waals surface area contributed by atoms with Crippen LogP contribution in [0.15, 0.2) is 18.3 Å². The molecule has 3 heteroatoms. The number of carbonyl (C=O) groups is 1. The molecule has 1 aromatic rings. The minimum absolute atomic E-state index is 0.0416. The van der Waals surface area contributed by atoms with Crippen molar-refractivity contribution >= 4 is 11.5 Å². The number of anilines is 1. The first kappa shape index (κ1) is 9.71. The second-order valence-electron chi connectivity index (χ2n) is 2.97. The van der Waals surface area contributed by atoms with Crippen molar-refractivity contribution < 1.29 is 4.79 Å². The highest BCUT2D eigenvalue weighted by Gasteiger charge is 2.09. The van der Waals surface area contributed by atoms with Crippen LogP contribution in [-0.2, 0) is 0 Å². The third-order valence-electron chi connectivity index (χ3n) is 1.86. The molecule has 0 radical (unpaired) electrons. The molecule has 1 aromatic heterocycles. The van der Waals surface area contributed by atoms with Gasteiger partial charge in [0.15, 0.2) is 5.78 Å². The van der Waals surface area contributed by atoms with Gasteiger partial charge in [0, 0.05) is 12.6 Å². The lowest BCUT2D eigenvalue weighted by Gasteiger charge is -2.01. The quantitative estimate of drug-likeness (QED) is 0.718. The van der Waals surface area contributed by atoms with Gasteiger partial charge in [-0.05, 0) is 18.6 Å². The number of rotatable bonds is 4. The van der Waals surface area contributed by atoms with E-state index < -0.39 is 0 Å². The number of nitrogens with zero attached hydrogens (tertiary/aromatic N) is 1. The second-order valence-corrected chi connectivity index (χ2v) is 2.97. The number of nitrogens with two attached hydrogens (primary N) is 1. The Hall–Kier alpha value is -1.38. The molecule has 0 aromatic carbocycles. The summed E-state index contributed by atoms with van der Waals surface area (Å²) in [5.41, 5.74) is 6.50. The van der Waals surface area contributed by atoms with Crippen LogP contribution in [0.5, 0.6) is 0 Å². The predicted octanol–water partition coefficient (Wildman–Crippen LogP) is 2.04. The SMILES string of the molecule is CCCCC(=O)c1ncccc1N. The van der Waals surface area contributed by atoms with E-state index in [0.717, 1.165) is 12.8 Å². The summed E-state index contributed by atoms with van der Waals surface area (Å²) in [5, 5.41) is 0. The van der Waals surface area contributed by atoms with E-state index in [9.17, 15) is 4.79 Å². The Morgan fingerprint density at radius 3 is 3.00 bits per heavy atom. The minimum Gasteiger partial charge on any atom is -0.397 e. The molecule has 0 amide bonds. The normalized spacial score (nSPS) is 9.92. The van der Waals surface area contributed by atoms with E-state index in [4.69, 9.17) is 5.73 Å². The maximum atomic E-state index is 11.5. The van der Waals surface area contributed by atoms with Crippen LogP contribution in [-0.4, -0.2) is 10.8 Å². The van der Waals surface area contributed by atoms with E-state index in [-0.39, 0.29) is 5.78 Å². The summed E-state index contributed by atoms with van der Waals surface area (Å²) in [6, 6.07) is 3.43. The molecule has 0 bridgehead atoms. The lowest BCUT2D eigenvalue weighted by Crippen LogP contribution is -2.05. The molecule has 1 heterocycles. The molecule has 13 heavy (non-hydrogen) atoms. The molecule has 0 aliphatic rings. The Balaban J connectivity index is 2.71. The molecule has 0 spiro atoms. The van der Waals surface area contributed by atoms with Gasteiger partial charge >= 0.3 is 0 Å². The van der Waals surface area contributed by atoms with Crippen molar-refractivity contribution in [3.63, 3.8) is 0 Å². The number of ketones is 1. The van der Waals surface area contributed by atoms with Crippen molar-refractivity contribution in [1.82, 2.24) is 4.98 Å². The number of hydrogen-bond donors (Lipinski definition) is 1. The molecule has 2 N–H and O–H groups in total. The summed E-state index contributed by atoms with van der Waals surface area (Å²) in [6.07, 6.45) is 4.04. The van der Waals surface area contributed by atoms with Crippen LogP contribution < -0.4 is 5.73 Å². The fraction of sp³-hybridized carbons (Fsp3) is 0.400. The standard InChI is InChI=1S/C10H14N2O/c1-2-3-6-9(13)10-8(11)5-4-7-12-10/h4-5,7H,2-3,6,11H2,1H3. The van der Waals surface area contributed by atoms with Crippen LogP contribution in [0.3, 0.4) is 0 Å². The van der Waals surface area contributed by atoms with Gasteiger partial charge < -0.3 is 5.73 Å². The van der Waals surface area contributed by atoms with Crippen LogP contribution in [0.1, 0.15) is 36.7 Å². The topological polar surface area (TPSA) is 56.0 Å². The van der Waals surface area contributed by atoms with Gasteiger partial charge in [-0.3, -0.25) is 9.78 Å². The van der Waals surface area contributed by atoms with Crippen molar-refractivity contribution in [2.45, 2.75) is 26.2 Å². The number of carbonyl (C=O) groups excluding carboxylic acids is 1. The summed E-state index contributed by atoms with van der Waals surface area (Å²) in [7, 11) is 0. The second kappa shape index (κ2) is 4.60. The van der Waals surface area contributed by atoms with Crippen molar-refractivity contribution in [1.29, 1.82) is 0 Å². The average Bonchev–Trinajstić information content (AvgIpc) is 2.15. The van der Waals surface area contributed by atoms with Crippen LogP contribution in [0.2, 0.25) is 0 Å². The highest BCUT2D eigenvalue weighted by Crippen LogP contribution is 2.11. The summed E-state index contributed by atoms with van der Waals surface area (Å²) in [6.45, 7) is 2.05. The molecular weight excluding hydrogens is 164 g/mol. The van der Waals surface area contributed by atoms with Gasteiger partial charge in [0.25, 0.3) is 0 Å². The molecule has 1 rings (SSSR count). The van der Waals surface area contributed by atoms with Gasteiger partial charge in [0.1, 0.15) is 5.69 Å².